The first kappa shape index (κ1) is 16.8. The lowest BCUT2D eigenvalue weighted by Gasteiger charge is -2.39. The number of furan rings is 1. The second-order valence-electron chi connectivity index (χ2n) is 8.66. The first-order chi connectivity index (χ1) is 13.0. The third-order valence-electron chi connectivity index (χ3n) is 6.53. The third kappa shape index (κ3) is 2.93. The molecule has 5 rings (SSSR count). The Kier molecular flexibility index (Phi) is 3.81. The highest BCUT2D eigenvalue weighted by molar-refractivity contribution is 5.98. The molecule has 0 bridgehead atoms. The average Bonchev–Trinajstić information content (AvgIpc) is 3.24. The molecule has 5 nitrogen and oxygen atoms in total. The number of rotatable bonds is 3. The lowest BCUT2D eigenvalue weighted by Crippen LogP contribution is -2.50. The maximum Gasteiger partial charge on any atom is 0.253 e. The van der Waals surface area contributed by atoms with E-state index >= 15 is 0 Å². The van der Waals surface area contributed by atoms with Crippen LogP contribution in [-0.2, 0) is 4.79 Å². The Bertz CT molecular complexity index is 913. The number of carbonyl (C=O) groups excluding carboxylic acids is 2. The zero-order valence-electron chi connectivity index (χ0n) is 15.9. The highest BCUT2D eigenvalue weighted by Crippen LogP contribution is 2.42. The first-order valence-electron chi connectivity index (χ1n) is 10.1. The molecule has 3 heterocycles. The zero-order chi connectivity index (χ0) is 18.6. The maximum absolute atomic E-state index is 13.2. The highest BCUT2D eigenvalue weighted by atomic mass is 16.3. The van der Waals surface area contributed by atoms with E-state index in [1.165, 1.54) is 12.8 Å². The summed E-state index contributed by atoms with van der Waals surface area (Å²) in [6.45, 7) is 4.96. The van der Waals surface area contributed by atoms with E-state index in [0.717, 1.165) is 49.1 Å². The predicted molar refractivity (Wildman–Crippen MR) is 102 cm³/mol. The monoisotopic (exact) mass is 366 g/mol. The van der Waals surface area contributed by atoms with Gasteiger partial charge >= 0.3 is 0 Å². The largest absolute Gasteiger partial charge is 0.461 e. The van der Waals surface area contributed by atoms with Gasteiger partial charge in [0, 0.05) is 37.1 Å². The van der Waals surface area contributed by atoms with Gasteiger partial charge in [-0.3, -0.25) is 9.59 Å². The molecule has 2 amide bonds. The smallest absolute Gasteiger partial charge is 0.253 e. The number of amides is 2. The molecule has 1 aromatic carbocycles. The van der Waals surface area contributed by atoms with Crippen LogP contribution >= 0.6 is 0 Å². The second kappa shape index (κ2) is 6.11. The van der Waals surface area contributed by atoms with Gasteiger partial charge in [0.25, 0.3) is 5.91 Å². The van der Waals surface area contributed by atoms with Gasteiger partial charge in [-0.05, 0) is 69.2 Å². The van der Waals surface area contributed by atoms with Gasteiger partial charge in [-0.15, -0.1) is 0 Å². The molecule has 2 aliphatic heterocycles. The van der Waals surface area contributed by atoms with E-state index in [1.807, 2.05) is 36.1 Å². The minimum Gasteiger partial charge on any atom is -0.461 e. The molecule has 1 spiro atoms. The van der Waals surface area contributed by atoms with Crippen molar-refractivity contribution in [2.45, 2.75) is 39.0 Å². The molecule has 5 heteroatoms. The molecule has 0 radical (unpaired) electrons. The molecule has 1 saturated carbocycles. The van der Waals surface area contributed by atoms with Crippen molar-refractivity contribution in [2.24, 2.45) is 11.3 Å². The topological polar surface area (TPSA) is 53.8 Å². The summed E-state index contributed by atoms with van der Waals surface area (Å²) in [6, 6.07) is 7.56. The fourth-order valence-corrected chi connectivity index (χ4v) is 4.85. The van der Waals surface area contributed by atoms with Gasteiger partial charge in [-0.25, -0.2) is 0 Å². The second-order valence-corrected chi connectivity index (χ2v) is 8.66. The van der Waals surface area contributed by atoms with Crippen LogP contribution in [0.2, 0.25) is 0 Å². The average molecular weight is 366 g/mol. The lowest BCUT2D eigenvalue weighted by molar-refractivity contribution is -0.145. The van der Waals surface area contributed by atoms with Crippen molar-refractivity contribution in [2.75, 3.05) is 26.2 Å². The Labute approximate surface area is 159 Å². The Morgan fingerprint density at radius 3 is 2.89 bits per heavy atom. The van der Waals surface area contributed by atoms with Crippen LogP contribution in [0.1, 0.15) is 48.2 Å². The molecule has 2 aromatic rings. The van der Waals surface area contributed by atoms with Crippen LogP contribution in [0.15, 0.2) is 28.7 Å². The van der Waals surface area contributed by atoms with Crippen molar-refractivity contribution in [1.82, 2.24) is 9.80 Å². The summed E-state index contributed by atoms with van der Waals surface area (Å²) >= 11 is 0. The standard InChI is InChI=1S/C22H26N2O3/c1-15-11-18-12-17(5-6-19(18)27-15)20(25)24-10-8-22(14-24)7-2-9-23(21(22)26)13-16-3-4-16/h5-6,11-12,16H,2-4,7-10,13-14H2,1H3/t22-/m0/s1. The van der Waals surface area contributed by atoms with E-state index in [2.05, 4.69) is 4.90 Å². The molecule has 3 aliphatic rings. The summed E-state index contributed by atoms with van der Waals surface area (Å²) in [4.78, 5) is 30.2. The minimum atomic E-state index is -0.348. The van der Waals surface area contributed by atoms with Gasteiger partial charge in [0.2, 0.25) is 5.91 Å². The summed E-state index contributed by atoms with van der Waals surface area (Å²) in [6.07, 6.45) is 5.29. The van der Waals surface area contributed by atoms with Crippen LogP contribution < -0.4 is 0 Å². The number of aryl methyl sites for hydroxylation is 1. The number of piperidine rings is 1. The quantitative estimate of drug-likeness (QED) is 0.834. The van der Waals surface area contributed by atoms with Crippen LogP contribution in [0.25, 0.3) is 11.0 Å². The number of hydrogen-bond acceptors (Lipinski definition) is 3. The molecular formula is C22H26N2O3. The predicted octanol–water partition coefficient (Wildman–Crippen LogP) is 3.61. The van der Waals surface area contributed by atoms with Crippen LogP contribution in [0, 0.1) is 18.3 Å². The van der Waals surface area contributed by atoms with Crippen molar-refractivity contribution < 1.29 is 14.0 Å². The van der Waals surface area contributed by atoms with E-state index in [1.54, 1.807) is 0 Å². The number of benzene rings is 1. The Balaban J connectivity index is 1.34. The fourth-order valence-electron chi connectivity index (χ4n) is 4.85. The number of likely N-dealkylation sites (tertiary alicyclic amines) is 2. The van der Waals surface area contributed by atoms with Crippen molar-refractivity contribution >= 4 is 22.8 Å². The van der Waals surface area contributed by atoms with E-state index in [4.69, 9.17) is 4.42 Å². The molecule has 2 saturated heterocycles. The van der Waals surface area contributed by atoms with Gasteiger partial charge in [-0.2, -0.15) is 0 Å². The Morgan fingerprint density at radius 1 is 1.22 bits per heavy atom. The minimum absolute atomic E-state index is 0.0275. The first-order valence-corrected chi connectivity index (χ1v) is 10.1. The summed E-state index contributed by atoms with van der Waals surface area (Å²) in [5.41, 5.74) is 1.14. The van der Waals surface area contributed by atoms with Crippen molar-refractivity contribution in [3.05, 3.63) is 35.6 Å². The van der Waals surface area contributed by atoms with E-state index in [-0.39, 0.29) is 17.2 Å². The molecule has 0 unspecified atom stereocenters. The van der Waals surface area contributed by atoms with Crippen LogP contribution in [0.3, 0.4) is 0 Å². The molecule has 0 N–H and O–H groups in total. The van der Waals surface area contributed by atoms with Gasteiger partial charge in [0.15, 0.2) is 0 Å². The Hall–Kier alpha value is -2.30. The normalized spacial score (nSPS) is 25.7. The fraction of sp³-hybridized carbons (Fsp3) is 0.545. The zero-order valence-corrected chi connectivity index (χ0v) is 15.9. The summed E-state index contributed by atoms with van der Waals surface area (Å²) < 4.78 is 5.61. The van der Waals surface area contributed by atoms with E-state index in [9.17, 15) is 9.59 Å². The molecule has 27 heavy (non-hydrogen) atoms. The number of carbonyl (C=O) groups is 2. The molecule has 1 aromatic heterocycles. The van der Waals surface area contributed by atoms with Crippen molar-refractivity contribution in [1.29, 1.82) is 0 Å². The maximum atomic E-state index is 13.2. The number of fused-ring (bicyclic) bond motifs is 1. The van der Waals surface area contributed by atoms with Gasteiger partial charge in [0.1, 0.15) is 11.3 Å². The van der Waals surface area contributed by atoms with Gasteiger partial charge < -0.3 is 14.2 Å². The van der Waals surface area contributed by atoms with Crippen LogP contribution in [0.5, 0.6) is 0 Å². The molecule has 3 fully saturated rings. The summed E-state index contributed by atoms with van der Waals surface area (Å²) in [5, 5.41) is 0.955. The molecule has 1 aliphatic carbocycles. The van der Waals surface area contributed by atoms with Gasteiger partial charge in [0.05, 0.1) is 5.41 Å². The van der Waals surface area contributed by atoms with E-state index < -0.39 is 0 Å². The van der Waals surface area contributed by atoms with Crippen LogP contribution in [-0.4, -0.2) is 47.8 Å². The SMILES string of the molecule is Cc1cc2cc(C(=O)N3CC[C@@]4(CCCN(CC5CC5)C4=O)C3)ccc2o1. The van der Waals surface area contributed by atoms with Gasteiger partial charge in [-0.1, -0.05) is 0 Å². The van der Waals surface area contributed by atoms with Crippen LogP contribution in [0.4, 0.5) is 0 Å². The molecular weight excluding hydrogens is 340 g/mol. The number of hydrogen-bond donors (Lipinski definition) is 0. The lowest BCUT2D eigenvalue weighted by atomic mass is 9.78. The summed E-state index contributed by atoms with van der Waals surface area (Å²) in [5.74, 6) is 1.88. The van der Waals surface area contributed by atoms with E-state index in [0.29, 0.717) is 24.6 Å². The third-order valence-corrected chi connectivity index (χ3v) is 6.53. The summed E-state index contributed by atoms with van der Waals surface area (Å²) in [7, 11) is 0. The molecule has 142 valence electrons. The van der Waals surface area contributed by atoms with Crippen molar-refractivity contribution in [3.8, 4) is 0 Å². The number of nitrogens with zero attached hydrogens (tertiary/aromatic N) is 2. The Morgan fingerprint density at radius 2 is 2.07 bits per heavy atom. The molecule has 1 atom stereocenters. The van der Waals surface area contributed by atoms with Crippen molar-refractivity contribution in [3.63, 3.8) is 0 Å². The highest BCUT2D eigenvalue weighted by Gasteiger charge is 2.50.